The Morgan fingerprint density at radius 2 is 2.06 bits per heavy atom. The van der Waals surface area contributed by atoms with Crippen molar-refractivity contribution in [1.29, 1.82) is 0 Å². The SMILES string of the molecule is CC#CCCC(N)C1(OCC)CCC(C)CC1. The Morgan fingerprint density at radius 3 is 2.59 bits per heavy atom. The number of nitrogens with two attached hydrogens (primary N) is 1. The van der Waals surface area contributed by atoms with Crippen molar-refractivity contribution in [2.75, 3.05) is 6.61 Å². The Labute approximate surface area is 106 Å². The van der Waals surface area contributed by atoms with Crippen molar-refractivity contribution in [2.24, 2.45) is 11.7 Å². The van der Waals surface area contributed by atoms with E-state index in [2.05, 4.69) is 25.7 Å². The molecule has 1 rings (SSSR count). The van der Waals surface area contributed by atoms with E-state index in [9.17, 15) is 0 Å². The Hall–Kier alpha value is -0.520. The number of ether oxygens (including phenoxy) is 1. The molecule has 2 N–H and O–H groups in total. The summed E-state index contributed by atoms with van der Waals surface area (Å²) >= 11 is 0. The van der Waals surface area contributed by atoms with Gasteiger partial charge in [-0.1, -0.05) is 6.92 Å². The van der Waals surface area contributed by atoms with E-state index in [1.807, 2.05) is 6.92 Å². The van der Waals surface area contributed by atoms with Crippen LogP contribution in [0.1, 0.15) is 59.3 Å². The molecule has 0 aliphatic heterocycles. The van der Waals surface area contributed by atoms with Gasteiger partial charge in [-0.2, -0.15) is 0 Å². The van der Waals surface area contributed by atoms with Crippen LogP contribution in [-0.2, 0) is 4.74 Å². The summed E-state index contributed by atoms with van der Waals surface area (Å²) in [7, 11) is 0. The van der Waals surface area contributed by atoms with Gasteiger partial charge in [-0.25, -0.2) is 0 Å². The Bertz CT molecular complexity index is 268. The van der Waals surface area contributed by atoms with E-state index in [-0.39, 0.29) is 11.6 Å². The number of rotatable bonds is 5. The summed E-state index contributed by atoms with van der Waals surface area (Å²) in [6.45, 7) is 7.04. The predicted octanol–water partition coefficient (Wildman–Crippen LogP) is 3.10. The van der Waals surface area contributed by atoms with E-state index in [0.717, 1.165) is 38.2 Å². The summed E-state index contributed by atoms with van der Waals surface area (Å²) in [5.74, 6) is 6.86. The van der Waals surface area contributed by atoms with Gasteiger partial charge in [-0.15, -0.1) is 11.8 Å². The minimum atomic E-state index is -0.0727. The van der Waals surface area contributed by atoms with Crippen molar-refractivity contribution in [1.82, 2.24) is 0 Å². The van der Waals surface area contributed by atoms with Gasteiger partial charge >= 0.3 is 0 Å². The minimum absolute atomic E-state index is 0.0727. The first kappa shape index (κ1) is 14.5. The first-order valence-corrected chi connectivity index (χ1v) is 6.93. The summed E-state index contributed by atoms with van der Waals surface area (Å²) in [5, 5.41) is 0. The molecule has 0 aromatic heterocycles. The van der Waals surface area contributed by atoms with Gasteiger partial charge in [0.25, 0.3) is 0 Å². The molecule has 0 amide bonds. The molecular weight excluding hydrogens is 210 g/mol. The lowest BCUT2D eigenvalue weighted by molar-refractivity contribution is -0.0896. The molecule has 0 aromatic rings. The Kier molecular flexibility index (Phi) is 6.02. The lowest BCUT2D eigenvalue weighted by atomic mass is 9.74. The molecule has 98 valence electrons. The molecule has 0 radical (unpaired) electrons. The zero-order valence-electron chi connectivity index (χ0n) is 11.6. The van der Waals surface area contributed by atoms with E-state index in [0.29, 0.717) is 0 Å². The van der Waals surface area contributed by atoms with Crippen LogP contribution in [0, 0.1) is 17.8 Å². The van der Waals surface area contributed by atoms with Crippen LogP contribution in [-0.4, -0.2) is 18.2 Å². The molecule has 0 heterocycles. The van der Waals surface area contributed by atoms with Gasteiger partial charge in [0.15, 0.2) is 0 Å². The first-order chi connectivity index (χ1) is 8.14. The van der Waals surface area contributed by atoms with Crippen LogP contribution in [0.2, 0.25) is 0 Å². The van der Waals surface area contributed by atoms with E-state index in [1.165, 1.54) is 12.8 Å². The van der Waals surface area contributed by atoms with Crippen LogP contribution in [0.5, 0.6) is 0 Å². The van der Waals surface area contributed by atoms with E-state index >= 15 is 0 Å². The molecule has 1 aliphatic carbocycles. The maximum atomic E-state index is 6.36. The van der Waals surface area contributed by atoms with Crippen molar-refractivity contribution < 1.29 is 4.74 Å². The van der Waals surface area contributed by atoms with Crippen molar-refractivity contribution in [3.63, 3.8) is 0 Å². The van der Waals surface area contributed by atoms with Gasteiger partial charge in [0.2, 0.25) is 0 Å². The van der Waals surface area contributed by atoms with E-state index in [4.69, 9.17) is 10.5 Å². The maximum Gasteiger partial charge on any atom is 0.0833 e. The third-order valence-electron chi connectivity index (χ3n) is 3.99. The van der Waals surface area contributed by atoms with Crippen molar-refractivity contribution in [2.45, 2.75) is 70.9 Å². The lowest BCUT2D eigenvalue weighted by Gasteiger charge is -2.43. The zero-order valence-corrected chi connectivity index (χ0v) is 11.6. The fourth-order valence-electron chi connectivity index (χ4n) is 2.78. The molecule has 1 aliphatic rings. The smallest absolute Gasteiger partial charge is 0.0833 e. The normalized spacial score (nSPS) is 30.5. The second kappa shape index (κ2) is 7.03. The summed E-state index contributed by atoms with van der Waals surface area (Å²) in [6.07, 6.45) is 6.56. The van der Waals surface area contributed by atoms with Crippen LogP contribution in [0.3, 0.4) is 0 Å². The quantitative estimate of drug-likeness (QED) is 0.746. The third-order valence-corrected chi connectivity index (χ3v) is 3.99. The van der Waals surface area contributed by atoms with Gasteiger partial charge in [0.05, 0.1) is 5.60 Å². The molecule has 1 saturated carbocycles. The topological polar surface area (TPSA) is 35.2 Å². The minimum Gasteiger partial charge on any atom is -0.374 e. The molecule has 0 saturated heterocycles. The maximum absolute atomic E-state index is 6.36. The molecule has 1 unspecified atom stereocenters. The van der Waals surface area contributed by atoms with Gasteiger partial charge < -0.3 is 10.5 Å². The van der Waals surface area contributed by atoms with Crippen LogP contribution >= 0.6 is 0 Å². The molecule has 0 aromatic carbocycles. The highest BCUT2D eigenvalue weighted by Gasteiger charge is 2.39. The van der Waals surface area contributed by atoms with Crippen molar-refractivity contribution >= 4 is 0 Å². The fourth-order valence-corrected chi connectivity index (χ4v) is 2.78. The zero-order chi connectivity index (χ0) is 12.7. The summed E-state index contributed by atoms with van der Waals surface area (Å²) in [4.78, 5) is 0. The standard InChI is InChI=1S/C15H27NO/c1-4-6-7-8-14(16)15(17-5-2)11-9-13(3)10-12-15/h13-14H,5,7-12,16H2,1-3H3. The van der Waals surface area contributed by atoms with Crippen molar-refractivity contribution in [3.8, 4) is 11.8 Å². The highest BCUT2D eigenvalue weighted by molar-refractivity contribution is 5.00. The molecule has 1 atom stereocenters. The van der Waals surface area contributed by atoms with E-state index < -0.39 is 0 Å². The summed E-state index contributed by atoms with van der Waals surface area (Å²) in [5.41, 5.74) is 6.29. The average molecular weight is 237 g/mol. The van der Waals surface area contributed by atoms with Gasteiger partial charge in [-0.05, 0) is 51.9 Å². The Morgan fingerprint density at radius 1 is 1.41 bits per heavy atom. The molecular formula is C15H27NO. The van der Waals surface area contributed by atoms with Gasteiger partial charge in [0.1, 0.15) is 0 Å². The largest absolute Gasteiger partial charge is 0.374 e. The van der Waals surface area contributed by atoms with Crippen LogP contribution in [0.15, 0.2) is 0 Å². The second-order valence-corrected chi connectivity index (χ2v) is 5.25. The molecule has 17 heavy (non-hydrogen) atoms. The van der Waals surface area contributed by atoms with Crippen molar-refractivity contribution in [3.05, 3.63) is 0 Å². The van der Waals surface area contributed by atoms with Crippen LogP contribution in [0.4, 0.5) is 0 Å². The van der Waals surface area contributed by atoms with Crippen LogP contribution in [0.25, 0.3) is 0 Å². The first-order valence-electron chi connectivity index (χ1n) is 6.93. The molecule has 0 spiro atoms. The monoisotopic (exact) mass is 237 g/mol. The highest BCUT2D eigenvalue weighted by atomic mass is 16.5. The Balaban J connectivity index is 2.58. The lowest BCUT2D eigenvalue weighted by Crippen LogP contribution is -2.52. The molecule has 0 bridgehead atoms. The molecule has 2 nitrogen and oxygen atoms in total. The second-order valence-electron chi connectivity index (χ2n) is 5.25. The average Bonchev–Trinajstić information content (AvgIpc) is 2.33. The fraction of sp³-hybridized carbons (Fsp3) is 0.867. The summed E-state index contributed by atoms with van der Waals surface area (Å²) < 4.78 is 6.04. The predicted molar refractivity (Wildman–Crippen MR) is 72.6 cm³/mol. The number of hydrogen-bond donors (Lipinski definition) is 1. The van der Waals surface area contributed by atoms with Crippen LogP contribution < -0.4 is 5.73 Å². The highest BCUT2D eigenvalue weighted by Crippen LogP contribution is 2.37. The number of hydrogen-bond acceptors (Lipinski definition) is 2. The van der Waals surface area contributed by atoms with E-state index in [1.54, 1.807) is 0 Å². The summed E-state index contributed by atoms with van der Waals surface area (Å²) in [6, 6.07) is 0.135. The third kappa shape index (κ3) is 4.01. The molecule has 1 fully saturated rings. The molecule has 2 heteroatoms. The van der Waals surface area contributed by atoms with Gasteiger partial charge in [-0.3, -0.25) is 0 Å². The van der Waals surface area contributed by atoms with Gasteiger partial charge in [0, 0.05) is 19.1 Å².